The molecule has 1 aliphatic heterocycles. The van der Waals surface area contributed by atoms with E-state index < -0.39 is 0 Å². The molecule has 0 saturated carbocycles. The van der Waals surface area contributed by atoms with Crippen molar-refractivity contribution in [3.8, 4) is 0 Å². The Morgan fingerprint density at radius 3 is 2.43 bits per heavy atom. The van der Waals surface area contributed by atoms with E-state index in [1.54, 1.807) is 0 Å². The molecule has 1 aromatic rings. The minimum absolute atomic E-state index is 0.698. The fourth-order valence-corrected chi connectivity index (χ4v) is 1.93. The highest BCUT2D eigenvalue weighted by Gasteiger charge is 2.10. The maximum Gasteiger partial charge on any atom is 0.148 e. The molecule has 0 aliphatic carbocycles. The molecule has 1 fully saturated rings. The van der Waals surface area contributed by atoms with Gasteiger partial charge in [0.2, 0.25) is 0 Å². The molecule has 0 aromatic carbocycles. The Labute approximate surface area is 89.1 Å². The Hall–Kier alpha value is -0.900. The summed E-state index contributed by atoms with van der Waals surface area (Å²) in [5.74, 6) is 1.03. The lowest BCUT2D eigenvalue weighted by molar-refractivity contribution is 0.726. The van der Waals surface area contributed by atoms with Crippen molar-refractivity contribution in [2.24, 2.45) is 0 Å². The minimum Gasteiger partial charge on any atom is -0.355 e. The second-order valence-electron chi connectivity index (χ2n) is 3.68. The normalized spacial score (nSPS) is 17.9. The van der Waals surface area contributed by atoms with Crippen LogP contribution in [0.2, 0.25) is 0 Å². The average Bonchev–Trinajstić information content (AvgIpc) is 2.47. The van der Waals surface area contributed by atoms with Crippen LogP contribution in [0.15, 0.2) is 12.1 Å². The van der Waals surface area contributed by atoms with Crippen molar-refractivity contribution >= 4 is 18.0 Å². The average molecular weight is 209 g/mol. The Morgan fingerprint density at radius 1 is 1.14 bits per heavy atom. The second-order valence-corrected chi connectivity index (χ2v) is 4.12. The minimum atomic E-state index is 0.698. The van der Waals surface area contributed by atoms with Crippen molar-refractivity contribution < 1.29 is 0 Å². The van der Waals surface area contributed by atoms with Gasteiger partial charge in [-0.15, -0.1) is 0 Å². The van der Waals surface area contributed by atoms with Crippen LogP contribution in [-0.2, 0) is 0 Å². The van der Waals surface area contributed by atoms with Crippen molar-refractivity contribution in [3.63, 3.8) is 0 Å². The van der Waals surface area contributed by atoms with Gasteiger partial charge in [0, 0.05) is 13.1 Å². The number of hydrogen-bond acceptors (Lipinski definition) is 3. The molecule has 3 nitrogen and oxygen atoms in total. The number of nitrogens with zero attached hydrogens (tertiary/aromatic N) is 2. The van der Waals surface area contributed by atoms with Gasteiger partial charge in [0.05, 0.1) is 0 Å². The molecule has 1 aliphatic rings. The summed E-state index contributed by atoms with van der Waals surface area (Å²) in [7, 11) is 0. The van der Waals surface area contributed by atoms with Gasteiger partial charge in [0.1, 0.15) is 10.5 Å². The Morgan fingerprint density at radius 2 is 1.86 bits per heavy atom. The van der Waals surface area contributed by atoms with Crippen LogP contribution in [0.4, 0.5) is 5.82 Å². The molecule has 1 aromatic heterocycles. The first kappa shape index (κ1) is 9.65. The molecule has 0 radical (unpaired) electrons. The smallest absolute Gasteiger partial charge is 0.148 e. The molecule has 1 N–H and O–H groups in total. The number of H-pyrrole nitrogens is 1. The van der Waals surface area contributed by atoms with E-state index >= 15 is 0 Å². The van der Waals surface area contributed by atoms with E-state index in [-0.39, 0.29) is 0 Å². The lowest BCUT2D eigenvalue weighted by Gasteiger charge is -2.20. The molecular formula is C10H15N3S. The molecule has 0 atom stereocenters. The molecule has 76 valence electrons. The fraction of sp³-hybridized carbons (Fsp3) is 0.600. The molecule has 0 amide bonds. The zero-order valence-electron chi connectivity index (χ0n) is 8.20. The quantitative estimate of drug-likeness (QED) is 0.721. The van der Waals surface area contributed by atoms with Crippen LogP contribution in [-0.4, -0.2) is 23.3 Å². The highest BCUT2D eigenvalue weighted by atomic mass is 32.1. The van der Waals surface area contributed by atoms with E-state index in [2.05, 4.69) is 15.1 Å². The monoisotopic (exact) mass is 209 g/mol. The van der Waals surface area contributed by atoms with Crippen molar-refractivity contribution in [1.29, 1.82) is 0 Å². The van der Waals surface area contributed by atoms with Gasteiger partial charge in [-0.2, -0.15) is 5.10 Å². The molecule has 2 rings (SSSR count). The zero-order chi connectivity index (χ0) is 9.80. The third-order valence-corrected chi connectivity index (χ3v) is 2.82. The number of rotatable bonds is 1. The lowest BCUT2D eigenvalue weighted by atomic mass is 10.2. The molecular weight excluding hydrogens is 194 g/mol. The highest BCUT2D eigenvalue weighted by molar-refractivity contribution is 7.71. The molecule has 2 heterocycles. The number of aromatic amines is 1. The summed E-state index contributed by atoms with van der Waals surface area (Å²) in [6, 6.07) is 3.91. The van der Waals surface area contributed by atoms with Gasteiger partial charge in [-0.25, -0.2) is 0 Å². The second kappa shape index (κ2) is 4.55. The molecule has 0 spiro atoms. The Balaban J connectivity index is 2.12. The van der Waals surface area contributed by atoms with Gasteiger partial charge in [-0.3, -0.25) is 5.10 Å². The predicted molar refractivity (Wildman–Crippen MR) is 60.1 cm³/mol. The number of nitrogens with one attached hydrogen (secondary N) is 1. The van der Waals surface area contributed by atoms with Gasteiger partial charge < -0.3 is 4.90 Å². The van der Waals surface area contributed by atoms with E-state index in [0.29, 0.717) is 4.64 Å². The first-order valence-corrected chi connectivity index (χ1v) is 5.58. The fourth-order valence-electron chi connectivity index (χ4n) is 1.81. The summed E-state index contributed by atoms with van der Waals surface area (Å²) in [4.78, 5) is 2.33. The van der Waals surface area contributed by atoms with Crippen LogP contribution in [0, 0.1) is 4.64 Å². The number of anilines is 1. The maximum atomic E-state index is 4.96. The van der Waals surface area contributed by atoms with E-state index in [0.717, 1.165) is 18.9 Å². The molecule has 0 bridgehead atoms. The van der Waals surface area contributed by atoms with Gasteiger partial charge in [0.15, 0.2) is 0 Å². The lowest BCUT2D eigenvalue weighted by Crippen LogP contribution is -2.24. The number of hydrogen-bond donors (Lipinski definition) is 1. The summed E-state index contributed by atoms with van der Waals surface area (Å²) in [6.07, 6.45) is 5.24. The summed E-state index contributed by atoms with van der Waals surface area (Å²) in [5, 5.41) is 7.08. The summed E-state index contributed by atoms with van der Waals surface area (Å²) >= 11 is 4.96. The third-order valence-electron chi connectivity index (χ3n) is 2.59. The highest BCUT2D eigenvalue weighted by Crippen LogP contribution is 2.15. The first-order chi connectivity index (χ1) is 6.86. The molecule has 4 heteroatoms. The zero-order valence-corrected chi connectivity index (χ0v) is 9.02. The molecule has 0 unspecified atom stereocenters. The van der Waals surface area contributed by atoms with E-state index in [4.69, 9.17) is 12.2 Å². The largest absolute Gasteiger partial charge is 0.355 e. The molecule has 14 heavy (non-hydrogen) atoms. The summed E-state index contributed by atoms with van der Waals surface area (Å²) in [5.41, 5.74) is 0. The molecule has 1 saturated heterocycles. The van der Waals surface area contributed by atoms with E-state index in [9.17, 15) is 0 Å². The van der Waals surface area contributed by atoms with Crippen LogP contribution in [0.3, 0.4) is 0 Å². The summed E-state index contributed by atoms with van der Waals surface area (Å²) in [6.45, 7) is 2.25. The van der Waals surface area contributed by atoms with E-state index in [1.165, 1.54) is 25.7 Å². The van der Waals surface area contributed by atoms with Gasteiger partial charge in [0.25, 0.3) is 0 Å². The van der Waals surface area contributed by atoms with Crippen LogP contribution < -0.4 is 4.90 Å². The van der Waals surface area contributed by atoms with Crippen LogP contribution in [0.5, 0.6) is 0 Å². The van der Waals surface area contributed by atoms with Crippen LogP contribution in [0.25, 0.3) is 0 Å². The van der Waals surface area contributed by atoms with Crippen LogP contribution >= 0.6 is 12.2 Å². The van der Waals surface area contributed by atoms with Crippen molar-refractivity contribution in [2.75, 3.05) is 18.0 Å². The topological polar surface area (TPSA) is 31.9 Å². The Bertz CT molecular complexity index is 319. The van der Waals surface area contributed by atoms with Gasteiger partial charge in [-0.05, 0) is 25.0 Å². The predicted octanol–water partition coefficient (Wildman–Crippen LogP) is 2.52. The third kappa shape index (κ3) is 2.32. The Kier molecular flexibility index (Phi) is 3.14. The van der Waals surface area contributed by atoms with Gasteiger partial charge in [-0.1, -0.05) is 25.1 Å². The maximum absolute atomic E-state index is 4.96. The van der Waals surface area contributed by atoms with Crippen molar-refractivity contribution in [2.45, 2.75) is 25.7 Å². The SMILES string of the molecule is S=c1ccc(N2CCCCCC2)n[nH]1. The standard InChI is InChI=1S/C10H15N3S/c14-10-6-5-9(11-12-10)13-7-3-1-2-4-8-13/h5-6H,1-4,7-8H2,(H,12,14). The number of aromatic nitrogens is 2. The van der Waals surface area contributed by atoms with E-state index in [1.807, 2.05) is 12.1 Å². The van der Waals surface area contributed by atoms with Crippen LogP contribution in [0.1, 0.15) is 25.7 Å². The van der Waals surface area contributed by atoms with Crippen molar-refractivity contribution in [3.05, 3.63) is 16.8 Å². The van der Waals surface area contributed by atoms with Gasteiger partial charge >= 0.3 is 0 Å². The van der Waals surface area contributed by atoms with Crippen molar-refractivity contribution in [1.82, 2.24) is 10.2 Å². The summed E-state index contributed by atoms with van der Waals surface area (Å²) < 4.78 is 0.698. The first-order valence-electron chi connectivity index (χ1n) is 5.17.